The van der Waals surface area contributed by atoms with Gasteiger partial charge in [-0.1, -0.05) is 55.2 Å². The minimum absolute atomic E-state index is 0.155. The topological polar surface area (TPSA) is 62.3 Å². The fraction of sp³-hybridized carbons (Fsp3) is 0.435. The molecule has 5 nitrogen and oxygen atoms in total. The summed E-state index contributed by atoms with van der Waals surface area (Å²) < 4.78 is 0. The molecule has 154 valence electrons. The molecule has 0 bridgehead atoms. The van der Waals surface area contributed by atoms with Crippen LogP contribution in [0.4, 0.5) is 0 Å². The lowest BCUT2D eigenvalue weighted by molar-refractivity contribution is -0.140. The zero-order valence-electron chi connectivity index (χ0n) is 16.8. The Labute approximate surface area is 177 Å². The molecule has 0 aliphatic heterocycles. The number of amides is 2. The molecule has 1 fully saturated rings. The number of nitrogens with one attached hydrogen (secondary N) is 1. The summed E-state index contributed by atoms with van der Waals surface area (Å²) in [7, 11) is 0. The molecule has 3 rings (SSSR count). The molecule has 6 heteroatoms. The van der Waals surface area contributed by atoms with Crippen molar-refractivity contribution in [3.8, 4) is 0 Å². The van der Waals surface area contributed by atoms with Gasteiger partial charge >= 0.3 is 0 Å². The molecule has 0 spiro atoms. The number of aromatic nitrogens is 1. The van der Waals surface area contributed by atoms with Crippen LogP contribution in [0.1, 0.15) is 54.8 Å². The van der Waals surface area contributed by atoms with E-state index in [0.29, 0.717) is 12.1 Å². The fourth-order valence-electron chi connectivity index (χ4n) is 3.83. The van der Waals surface area contributed by atoms with Gasteiger partial charge in [-0.05, 0) is 31.4 Å². The minimum atomic E-state index is -0.766. The van der Waals surface area contributed by atoms with E-state index in [1.54, 1.807) is 23.4 Å². The third-order valence-corrected chi connectivity index (χ3v) is 5.65. The van der Waals surface area contributed by atoms with Crippen molar-refractivity contribution in [2.45, 2.75) is 57.7 Å². The van der Waals surface area contributed by atoms with Crippen molar-refractivity contribution in [1.29, 1.82) is 0 Å². The molecule has 0 unspecified atom stereocenters. The monoisotopic (exact) mass is 413 g/mol. The highest BCUT2D eigenvalue weighted by Gasteiger charge is 2.32. The van der Waals surface area contributed by atoms with Gasteiger partial charge in [-0.25, -0.2) is 0 Å². The lowest BCUT2D eigenvalue weighted by Gasteiger charge is -2.33. The van der Waals surface area contributed by atoms with Gasteiger partial charge in [0.1, 0.15) is 11.9 Å². The second-order valence-corrected chi connectivity index (χ2v) is 7.94. The van der Waals surface area contributed by atoms with Crippen LogP contribution in [-0.2, 0) is 16.1 Å². The average molecular weight is 414 g/mol. The average Bonchev–Trinajstić information content (AvgIpc) is 2.75. The van der Waals surface area contributed by atoms with Crippen LogP contribution in [0.25, 0.3) is 0 Å². The number of hydrogen-bond donors (Lipinski definition) is 1. The van der Waals surface area contributed by atoms with E-state index in [1.165, 1.54) is 6.42 Å². The second kappa shape index (κ2) is 10.4. The Morgan fingerprint density at radius 1 is 1.17 bits per heavy atom. The maximum Gasteiger partial charge on any atom is 0.247 e. The van der Waals surface area contributed by atoms with E-state index in [-0.39, 0.29) is 23.7 Å². The van der Waals surface area contributed by atoms with Crippen molar-refractivity contribution in [3.05, 3.63) is 65.5 Å². The van der Waals surface area contributed by atoms with Gasteiger partial charge in [-0.2, -0.15) is 0 Å². The van der Waals surface area contributed by atoms with Crippen molar-refractivity contribution in [2.75, 3.05) is 5.88 Å². The van der Waals surface area contributed by atoms with Gasteiger partial charge in [0.2, 0.25) is 11.8 Å². The number of halogens is 1. The van der Waals surface area contributed by atoms with Crippen molar-refractivity contribution >= 4 is 23.4 Å². The normalized spacial score (nSPS) is 15.5. The summed E-state index contributed by atoms with van der Waals surface area (Å²) in [5.74, 6) is -0.630. The number of carbonyl (C=O) groups is 2. The lowest BCUT2D eigenvalue weighted by atomic mass is 9.94. The van der Waals surface area contributed by atoms with Crippen LogP contribution >= 0.6 is 11.6 Å². The van der Waals surface area contributed by atoms with Gasteiger partial charge in [0.05, 0.1) is 0 Å². The predicted octanol–water partition coefficient (Wildman–Crippen LogP) is 4.15. The van der Waals surface area contributed by atoms with Crippen LogP contribution in [0.15, 0.2) is 48.8 Å². The smallest absolute Gasteiger partial charge is 0.247 e. The summed E-state index contributed by atoms with van der Waals surface area (Å²) in [5.41, 5.74) is 2.78. The molecule has 1 N–H and O–H groups in total. The van der Waals surface area contributed by atoms with E-state index >= 15 is 0 Å². The van der Waals surface area contributed by atoms with Gasteiger partial charge in [0.25, 0.3) is 0 Å². The van der Waals surface area contributed by atoms with Crippen molar-refractivity contribution in [1.82, 2.24) is 15.2 Å². The van der Waals surface area contributed by atoms with E-state index in [4.69, 9.17) is 11.6 Å². The van der Waals surface area contributed by atoms with Crippen LogP contribution in [0.2, 0.25) is 0 Å². The number of nitrogens with zero attached hydrogens (tertiary/aromatic N) is 2. The standard InChI is InChI=1S/C23H28ClN3O2/c1-17-9-11-18(12-10-17)16-27(21(28)14-24)22(19-6-5-13-25-15-19)23(29)26-20-7-3-2-4-8-20/h5-6,9-13,15,20,22H,2-4,7-8,14,16H2,1H3,(H,26,29)/t22-/m0/s1. The number of aryl methyl sites for hydroxylation is 1. The van der Waals surface area contributed by atoms with Gasteiger partial charge in [0.15, 0.2) is 0 Å². The van der Waals surface area contributed by atoms with Crippen LogP contribution in [0, 0.1) is 6.92 Å². The first-order chi connectivity index (χ1) is 14.1. The largest absolute Gasteiger partial charge is 0.351 e. The summed E-state index contributed by atoms with van der Waals surface area (Å²) in [6.07, 6.45) is 8.72. The predicted molar refractivity (Wildman–Crippen MR) is 114 cm³/mol. The molecule has 2 aromatic rings. The number of benzene rings is 1. The molecule has 1 aromatic heterocycles. The van der Waals surface area contributed by atoms with E-state index < -0.39 is 6.04 Å². The molecule has 1 atom stereocenters. The highest BCUT2D eigenvalue weighted by molar-refractivity contribution is 6.27. The second-order valence-electron chi connectivity index (χ2n) is 7.67. The summed E-state index contributed by atoms with van der Waals surface area (Å²) in [4.78, 5) is 31.9. The van der Waals surface area contributed by atoms with Crippen LogP contribution < -0.4 is 5.32 Å². The molecule has 2 amide bonds. The van der Waals surface area contributed by atoms with Crippen molar-refractivity contribution in [2.24, 2.45) is 0 Å². The molecule has 29 heavy (non-hydrogen) atoms. The Hall–Kier alpha value is -2.40. The number of pyridine rings is 1. The summed E-state index contributed by atoms with van der Waals surface area (Å²) in [6, 6.07) is 11.0. The third kappa shape index (κ3) is 5.80. The zero-order chi connectivity index (χ0) is 20.6. The summed E-state index contributed by atoms with van der Waals surface area (Å²) in [5, 5.41) is 3.17. The maximum atomic E-state index is 13.3. The highest BCUT2D eigenvalue weighted by Crippen LogP contribution is 2.25. The van der Waals surface area contributed by atoms with Crippen LogP contribution in [-0.4, -0.2) is 33.6 Å². The van der Waals surface area contributed by atoms with E-state index in [2.05, 4.69) is 10.3 Å². The Bertz CT molecular complexity index is 805. The molecule has 1 heterocycles. The lowest BCUT2D eigenvalue weighted by Crippen LogP contribution is -2.47. The first-order valence-corrected chi connectivity index (χ1v) is 10.7. The van der Waals surface area contributed by atoms with E-state index in [0.717, 1.165) is 36.8 Å². The highest BCUT2D eigenvalue weighted by atomic mass is 35.5. The molecule has 0 radical (unpaired) electrons. The number of carbonyl (C=O) groups excluding carboxylic acids is 2. The Kier molecular flexibility index (Phi) is 7.64. The first kappa shape index (κ1) is 21.3. The molecule has 1 saturated carbocycles. The molecular weight excluding hydrogens is 386 g/mol. The minimum Gasteiger partial charge on any atom is -0.351 e. The summed E-state index contributed by atoms with van der Waals surface area (Å²) in [6.45, 7) is 2.32. The van der Waals surface area contributed by atoms with Crippen LogP contribution in [0.5, 0.6) is 0 Å². The van der Waals surface area contributed by atoms with Gasteiger partial charge in [-0.15, -0.1) is 11.6 Å². The fourth-order valence-corrected chi connectivity index (χ4v) is 3.98. The first-order valence-electron chi connectivity index (χ1n) is 10.2. The SMILES string of the molecule is Cc1ccc(CN(C(=O)CCl)[C@H](C(=O)NC2CCCCC2)c2cccnc2)cc1. The van der Waals surface area contributed by atoms with E-state index in [9.17, 15) is 9.59 Å². The van der Waals surface area contributed by atoms with Gasteiger partial charge in [0, 0.05) is 30.5 Å². The molecule has 1 aromatic carbocycles. The molecule has 1 aliphatic carbocycles. The van der Waals surface area contributed by atoms with E-state index in [1.807, 2.05) is 37.3 Å². The Balaban J connectivity index is 1.90. The maximum absolute atomic E-state index is 13.3. The van der Waals surface area contributed by atoms with Crippen molar-refractivity contribution < 1.29 is 9.59 Å². The number of hydrogen-bond acceptors (Lipinski definition) is 3. The molecule has 0 saturated heterocycles. The number of rotatable bonds is 7. The Morgan fingerprint density at radius 3 is 2.52 bits per heavy atom. The van der Waals surface area contributed by atoms with Gasteiger partial charge < -0.3 is 10.2 Å². The molecular formula is C23H28ClN3O2. The van der Waals surface area contributed by atoms with Gasteiger partial charge in [-0.3, -0.25) is 14.6 Å². The van der Waals surface area contributed by atoms with Crippen LogP contribution in [0.3, 0.4) is 0 Å². The quantitative estimate of drug-likeness (QED) is 0.693. The third-order valence-electron chi connectivity index (χ3n) is 5.42. The van der Waals surface area contributed by atoms with Crippen molar-refractivity contribution in [3.63, 3.8) is 0 Å². The Morgan fingerprint density at radius 2 is 1.90 bits per heavy atom. The zero-order valence-corrected chi connectivity index (χ0v) is 17.6. The summed E-state index contributed by atoms with van der Waals surface area (Å²) >= 11 is 5.93. The number of alkyl halides is 1. The molecule has 1 aliphatic rings.